The summed E-state index contributed by atoms with van der Waals surface area (Å²) < 4.78 is 4.42. The second-order valence-corrected chi connectivity index (χ2v) is 32.0. The number of aliphatic carboxylic acids is 8. The maximum absolute atomic E-state index is 15.3. The Hall–Kier alpha value is -16.4. The molecule has 1 aliphatic rings. The number of ether oxygens (including phenoxy) is 1. The maximum Gasteiger partial charge on any atom is 0.335 e. The summed E-state index contributed by atoms with van der Waals surface area (Å²) in [5, 5.41) is 156. The molecule has 140 heavy (non-hydrogen) atoms. The van der Waals surface area contributed by atoms with Crippen LogP contribution in [0.1, 0.15) is 144 Å². The summed E-state index contributed by atoms with van der Waals surface area (Å²) in [4.78, 5) is 303. The van der Waals surface area contributed by atoms with Gasteiger partial charge in [-0.2, -0.15) is 0 Å². The minimum atomic E-state index is -2.06. The van der Waals surface area contributed by atoms with E-state index in [2.05, 4.69) is 52.6 Å². The number of hydrogen-bond donors (Lipinski definition) is 24. The topological polar surface area (TPSA) is 810 Å². The molecule has 0 aliphatic carbocycles. The van der Waals surface area contributed by atoms with Crippen LogP contribution in [0.15, 0.2) is 103 Å². The van der Waals surface area contributed by atoms with Gasteiger partial charge in [0.15, 0.2) is 0 Å². The Labute approximate surface area is 793 Å². The molecule has 5 aromatic carbocycles. The van der Waals surface area contributed by atoms with Crippen LogP contribution in [0, 0.1) is 0 Å². The van der Waals surface area contributed by atoms with E-state index >= 15 is 9.59 Å². The van der Waals surface area contributed by atoms with Gasteiger partial charge in [-0.15, -0.1) is 0 Å². The Morgan fingerprint density at radius 1 is 0.343 bits per heavy atom. The number of aromatic hydroxyl groups is 1. The quantitative estimate of drug-likeness (QED) is 0.0134. The molecule has 24 N–H and O–H groups in total. The van der Waals surface area contributed by atoms with Crippen LogP contribution >= 0.6 is 0 Å². The zero-order valence-corrected chi connectivity index (χ0v) is 74.8. The molecule has 5 aromatic rings. The number of carbonyl (C=O) groups is 23. The van der Waals surface area contributed by atoms with Gasteiger partial charge in [-0.25, -0.2) is 43.2 Å². The third kappa shape index (κ3) is 39.1. The van der Waals surface area contributed by atoms with Crippen LogP contribution in [0.4, 0.5) is 4.79 Å². The molecule has 3 unspecified atom stereocenters. The summed E-state index contributed by atoms with van der Waals surface area (Å²) >= 11 is 0. The van der Waals surface area contributed by atoms with Crippen LogP contribution in [0.25, 0.3) is 10.8 Å². The fraction of sp³-hybridized carbons (Fsp3) is 0.420. The van der Waals surface area contributed by atoms with E-state index in [-0.39, 0.29) is 89.4 Å². The summed E-state index contributed by atoms with van der Waals surface area (Å²) in [5.74, 6) is -29.5. The van der Waals surface area contributed by atoms with Crippen molar-refractivity contribution in [3.8, 4) is 5.75 Å². The predicted octanol–water partition coefficient (Wildman–Crippen LogP) is -3.22. The minimum Gasteiger partial charge on any atom is -0.508 e. The molecule has 11 amide bonds. The van der Waals surface area contributed by atoms with Crippen LogP contribution in [0.3, 0.4) is 0 Å². The minimum absolute atomic E-state index is 0.0182. The first-order chi connectivity index (χ1) is 66.3. The van der Waals surface area contributed by atoms with E-state index in [1.807, 2.05) is 10.6 Å². The number of rotatable bonds is 57. The fourth-order valence-corrected chi connectivity index (χ4v) is 14.3. The first-order valence-corrected chi connectivity index (χ1v) is 43.2. The lowest BCUT2D eigenvalue weighted by molar-refractivity contribution is -0.145. The highest BCUT2D eigenvalue weighted by atomic mass is 16.5. The SMILES string of the molecule is O=COCC[C@H](NC(=O)N[C@@H](CCC(=O)NC(CCCNC(=O)C[C@@H](NC(=O)c1cc(C(=O)O)cc(C(=O)O)c1)C(=O)NCCCC[C@@H](NC(=O)[C@@H](Cc1ccc2ccccc2c1)NC(=O)[C@@H](Cc1ccc(O)cc1)NC(=O)C(CNC(=O)c1cc(C(=O)O)cc(C(=O)O)c1)NC(=O)CCC(C(=O)O)N1CCN(CC(=O)O)CCN(CC(=O)O)CCN(CC(=O)O)CC1)C(=O)O)C(=O)O)C(=O)O)C(=O)O. The number of nitrogens with one attached hydrogen (secondary N) is 11. The lowest BCUT2D eigenvalue weighted by Crippen LogP contribution is -2.60. The van der Waals surface area contributed by atoms with E-state index in [4.69, 9.17) is 0 Å². The molecule has 1 aliphatic heterocycles. The van der Waals surface area contributed by atoms with E-state index < -0.39 is 329 Å². The molecule has 0 radical (unpaired) electrons. The van der Waals surface area contributed by atoms with Gasteiger partial charge in [-0.05, 0) is 115 Å². The maximum atomic E-state index is 15.3. The van der Waals surface area contributed by atoms with Crippen molar-refractivity contribution in [3.63, 3.8) is 0 Å². The summed E-state index contributed by atoms with van der Waals surface area (Å²) in [6, 6.07) is 3.68. The normalized spacial score (nSPS) is 14.6. The Morgan fingerprint density at radius 2 is 0.750 bits per heavy atom. The molecule has 0 aromatic heterocycles. The highest BCUT2D eigenvalue weighted by Crippen LogP contribution is 2.21. The molecule has 1 fully saturated rings. The number of urea groups is 1. The fourth-order valence-electron chi connectivity index (χ4n) is 14.3. The summed E-state index contributed by atoms with van der Waals surface area (Å²) in [6.45, 7) is -4.84. The van der Waals surface area contributed by atoms with Gasteiger partial charge in [0.2, 0.25) is 41.4 Å². The largest absolute Gasteiger partial charge is 0.508 e. The van der Waals surface area contributed by atoms with Crippen molar-refractivity contribution in [3.05, 3.63) is 148 Å². The molecule has 0 spiro atoms. The van der Waals surface area contributed by atoms with Gasteiger partial charge in [0.25, 0.3) is 18.3 Å². The number of aromatic carboxylic acids is 4. The molecule has 0 bridgehead atoms. The van der Waals surface area contributed by atoms with Crippen LogP contribution in [-0.4, -0.2) is 376 Å². The highest BCUT2D eigenvalue weighted by Gasteiger charge is 2.37. The average Bonchev–Trinajstić information content (AvgIpc) is 0.807. The number of carboxylic acids is 12. The molecule has 756 valence electrons. The van der Waals surface area contributed by atoms with Crippen molar-refractivity contribution in [2.75, 3.05) is 98.2 Å². The third-order valence-electron chi connectivity index (χ3n) is 21.6. The van der Waals surface area contributed by atoms with Crippen LogP contribution in [0.2, 0.25) is 0 Å². The number of nitrogens with zero attached hydrogens (tertiary/aromatic N) is 4. The number of benzene rings is 5. The van der Waals surface area contributed by atoms with Crippen molar-refractivity contribution in [1.29, 1.82) is 0 Å². The Balaban J connectivity index is 1.23. The van der Waals surface area contributed by atoms with E-state index in [1.165, 1.54) is 43.9 Å². The van der Waals surface area contributed by atoms with Crippen molar-refractivity contribution in [1.82, 2.24) is 78.1 Å². The number of carbonyl (C=O) groups excluding carboxylic acids is 11. The van der Waals surface area contributed by atoms with Crippen molar-refractivity contribution in [2.24, 2.45) is 0 Å². The monoisotopic (exact) mass is 1970 g/mol. The van der Waals surface area contributed by atoms with E-state index in [1.54, 1.807) is 42.5 Å². The van der Waals surface area contributed by atoms with Gasteiger partial charge in [0.1, 0.15) is 60.1 Å². The van der Waals surface area contributed by atoms with Gasteiger partial charge in [0.05, 0.1) is 54.9 Å². The smallest absolute Gasteiger partial charge is 0.335 e. The molecule has 1 saturated heterocycles. The Morgan fingerprint density at radius 3 is 1.23 bits per heavy atom. The molecule has 1 heterocycles. The van der Waals surface area contributed by atoms with E-state index in [0.29, 0.717) is 16.3 Å². The average molecular weight is 1970 g/mol. The first-order valence-electron chi connectivity index (χ1n) is 43.2. The number of hydrogen-bond acceptors (Lipinski definition) is 29. The Kier molecular flexibility index (Phi) is 45.1. The first kappa shape index (κ1) is 112. The zero-order chi connectivity index (χ0) is 104. The molecular weight excluding hydrogens is 1860 g/mol. The van der Waals surface area contributed by atoms with Crippen molar-refractivity contribution < 1.29 is 181 Å². The highest BCUT2D eigenvalue weighted by molar-refractivity contribution is 6.05. The zero-order valence-electron chi connectivity index (χ0n) is 74.8. The lowest BCUT2D eigenvalue weighted by atomic mass is 9.99. The molecule has 6 rings (SSSR count). The standard InChI is InChI=1S/C88H107N15O37/c104-46-140-31-20-61(86(135)136)99-88(139)98-60(85(133)134)16-18-67(106)92-58(83(129)130)9-5-22-89-69(108)41-64(95-74(116)52-37-55(81(125)126)40-56(38-52)82(127)128)75(117)90-21-4-3-8-59(84(131)132)94-76(118)63(34-48-10-13-49-6-1-2-7-50(49)32-48)96-77(119)62(33-47-11-14-57(105)15-12-47)97-78(120)65(42-91-73(115)51-35-53(79(121)122)39-54(36-51)80(123)124)93-68(107)19-17-66(87(137)138)103-29-27-101(44-71(111)112)25-23-100(43-70(109)110)24-26-102(28-30-103)45-72(113)114/h1-2,6-7,10-15,32,35-40,46,58-66,105H,3-5,8-9,16-31,33-34,41-45H2,(H,89,108)(H,90,117)(H,91,115)(H,92,106)(H,93,107)(H,94,118)(H,95,116)(H,96,119)(H,97,120)(H,109,110)(H,111,112)(H,113,114)(H,121,122)(H,123,124)(H,125,126)(H,127,128)(H,129,130)(H,131,132)(H,133,134)(H,135,136)(H,137,138)(H2,98,99,139)/t58?,59-,60+,61+,62-,63-,64-,65?,66?/m1/s1. The van der Waals surface area contributed by atoms with Gasteiger partial charge >= 0.3 is 77.7 Å². The molecule has 52 nitrogen and oxygen atoms in total. The number of carboxylic acid groups (broad SMARTS) is 12. The van der Waals surface area contributed by atoms with Crippen molar-refractivity contribution in [2.45, 2.75) is 138 Å². The number of unbranched alkanes of at least 4 members (excludes halogenated alkanes) is 1. The van der Waals surface area contributed by atoms with Gasteiger partial charge in [-0.3, -0.25) is 86.7 Å². The predicted molar refractivity (Wildman–Crippen MR) is 477 cm³/mol. The van der Waals surface area contributed by atoms with Crippen LogP contribution < -0.4 is 58.5 Å². The summed E-state index contributed by atoms with van der Waals surface area (Å²) in [7, 11) is 0. The molecule has 9 atom stereocenters. The number of fused-ring (bicyclic) bond motifs is 1. The number of phenols is 1. The van der Waals surface area contributed by atoms with Gasteiger partial charge in [-0.1, -0.05) is 54.6 Å². The van der Waals surface area contributed by atoms with E-state index in [9.17, 15) is 167 Å². The van der Waals surface area contributed by atoms with Crippen LogP contribution in [0.5, 0.6) is 5.75 Å². The lowest BCUT2D eigenvalue weighted by Gasteiger charge is -2.35. The Bertz CT molecular complexity index is 5290. The van der Waals surface area contributed by atoms with E-state index in [0.717, 1.165) is 36.4 Å². The summed E-state index contributed by atoms with van der Waals surface area (Å²) in [6.07, 6.45) is -6.61. The van der Waals surface area contributed by atoms with Gasteiger partial charge in [0, 0.05) is 115 Å². The molecule has 52 heteroatoms. The molecular formula is C88H107N15O37. The third-order valence-corrected chi connectivity index (χ3v) is 21.6. The van der Waals surface area contributed by atoms with Gasteiger partial charge < -0.3 is 130 Å². The molecule has 0 saturated carbocycles. The van der Waals surface area contributed by atoms with Crippen molar-refractivity contribution >= 4 is 148 Å². The second kappa shape index (κ2) is 56.2. The second-order valence-electron chi connectivity index (χ2n) is 32.0. The van der Waals surface area contributed by atoms with Crippen LogP contribution in [-0.2, 0) is 94.3 Å². The summed E-state index contributed by atoms with van der Waals surface area (Å²) in [5.41, 5.74) is -3.44. The number of phenolic OH excluding ortho intramolecular Hbond substituents is 1. The number of amides is 11.